The van der Waals surface area contributed by atoms with Gasteiger partial charge in [0.15, 0.2) is 0 Å². The van der Waals surface area contributed by atoms with Crippen LogP contribution in [0.1, 0.15) is 19.4 Å². The molecule has 1 aliphatic rings. The first-order valence-corrected chi connectivity index (χ1v) is 9.11. The van der Waals surface area contributed by atoms with E-state index in [1.165, 1.54) is 4.90 Å². The van der Waals surface area contributed by atoms with Crippen molar-refractivity contribution in [1.29, 1.82) is 0 Å². The van der Waals surface area contributed by atoms with E-state index >= 15 is 0 Å². The molecule has 1 heterocycles. The summed E-state index contributed by atoms with van der Waals surface area (Å²) in [7, 11) is 3.14. The molecule has 3 rings (SSSR count). The van der Waals surface area contributed by atoms with Crippen LogP contribution in [-0.2, 0) is 9.59 Å². The zero-order valence-electron chi connectivity index (χ0n) is 16.5. The van der Waals surface area contributed by atoms with E-state index in [1.807, 2.05) is 26.0 Å². The molecule has 1 aliphatic heterocycles. The number of nitrogens with zero attached hydrogens (tertiary/aromatic N) is 1. The summed E-state index contributed by atoms with van der Waals surface area (Å²) < 4.78 is 10.6. The van der Waals surface area contributed by atoms with E-state index in [1.54, 1.807) is 50.6 Å². The lowest BCUT2D eigenvalue weighted by Crippen LogP contribution is -2.35. The number of ether oxygens (including phenoxy) is 2. The van der Waals surface area contributed by atoms with Gasteiger partial charge in [-0.25, -0.2) is 0 Å². The monoisotopic (exact) mass is 380 g/mol. The molecule has 0 fully saturated rings. The third-order valence-electron chi connectivity index (χ3n) is 4.46. The molecule has 0 aromatic heterocycles. The summed E-state index contributed by atoms with van der Waals surface area (Å²) in [6.07, 6.45) is 0. The number of benzene rings is 2. The Balaban J connectivity index is 2.08. The topological polar surface area (TPSA) is 67.9 Å². The van der Waals surface area contributed by atoms with E-state index in [0.29, 0.717) is 34.9 Å². The first kappa shape index (κ1) is 19.5. The summed E-state index contributed by atoms with van der Waals surface area (Å²) in [6.45, 7) is 4.30. The first-order chi connectivity index (χ1) is 13.5. The predicted molar refractivity (Wildman–Crippen MR) is 108 cm³/mol. The minimum Gasteiger partial charge on any atom is -0.497 e. The number of amides is 2. The van der Waals surface area contributed by atoms with E-state index in [-0.39, 0.29) is 23.4 Å². The maximum absolute atomic E-state index is 13.1. The molecule has 0 radical (unpaired) electrons. The van der Waals surface area contributed by atoms with Crippen LogP contribution in [0.5, 0.6) is 11.5 Å². The van der Waals surface area contributed by atoms with Crippen molar-refractivity contribution < 1.29 is 19.1 Å². The van der Waals surface area contributed by atoms with Crippen molar-refractivity contribution in [3.05, 3.63) is 59.8 Å². The van der Waals surface area contributed by atoms with Crippen LogP contribution in [-0.4, -0.2) is 37.5 Å². The highest BCUT2D eigenvalue weighted by Gasteiger charge is 2.39. The molecule has 2 aromatic rings. The van der Waals surface area contributed by atoms with E-state index in [0.717, 1.165) is 0 Å². The predicted octanol–water partition coefficient (Wildman–Crippen LogP) is 3.55. The van der Waals surface area contributed by atoms with Crippen molar-refractivity contribution in [2.45, 2.75) is 13.8 Å². The van der Waals surface area contributed by atoms with Crippen LogP contribution < -0.4 is 14.8 Å². The molecule has 2 aromatic carbocycles. The molecular formula is C22H24N2O4. The second-order valence-corrected chi connectivity index (χ2v) is 6.92. The highest BCUT2D eigenvalue weighted by Crippen LogP contribution is 2.34. The third kappa shape index (κ3) is 3.71. The average molecular weight is 380 g/mol. The minimum absolute atomic E-state index is 0.163. The molecule has 146 valence electrons. The third-order valence-corrected chi connectivity index (χ3v) is 4.46. The number of carbonyl (C=O) groups excluding carboxylic acids is 2. The Morgan fingerprint density at radius 1 is 0.929 bits per heavy atom. The number of hydrogen-bond acceptors (Lipinski definition) is 5. The Morgan fingerprint density at radius 3 is 2.21 bits per heavy atom. The Labute approximate surface area is 164 Å². The van der Waals surface area contributed by atoms with Crippen LogP contribution in [0.4, 0.5) is 5.69 Å². The smallest absolute Gasteiger partial charge is 0.278 e. The van der Waals surface area contributed by atoms with E-state index in [9.17, 15) is 9.59 Å². The van der Waals surface area contributed by atoms with Crippen LogP contribution in [0.15, 0.2) is 54.2 Å². The second-order valence-electron chi connectivity index (χ2n) is 6.92. The van der Waals surface area contributed by atoms with Crippen molar-refractivity contribution >= 4 is 23.1 Å². The van der Waals surface area contributed by atoms with Gasteiger partial charge in [0.2, 0.25) is 0 Å². The van der Waals surface area contributed by atoms with Gasteiger partial charge in [0.1, 0.15) is 17.2 Å². The molecule has 6 heteroatoms. The van der Waals surface area contributed by atoms with Crippen LogP contribution in [0, 0.1) is 5.92 Å². The first-order valence-electron chi connectivity index (χ1n) is 9.11. The van der Waals surface area contributed by atoms with Crippen LogP contribution in [0.25, 0.3) is 5.57 Å². The molecule has 0 saturated carbocycles. The summed E-state index contributed by atoms with van der Waals surface area (Å²) >= 11 is 0. The van der Waals surface area contributed by atoms with Crippen LogP contribution in [0.2, 0.25) is 0 Å². The number of imide groups is 1. The summed E-state index contributed by atoms with van der Waals surface area (Å²) in [4.78, 5) is 27.5. The van der Waals surface area contributed by atoms with Crippen LogP contribution >= 0.6 is 0 Å². The summed E-state index contributed by atoms with van der Waals surface area (Å²) in [5.41, 5.74) is 1.88. The summed E-state index contributed by atoms with van der Waals surface area (Å²) in [5, 5.41) is 3.13. The van der Waals surface area contributed by atoms with Gasteiger partial charge in [0.05, 0.1) is 25.5 Å². The Hall–Kier alpha value is -3.28. The number of nitrogens with one attached hydrogen (secondary N) is 1. The molecule has 28 heavy (non-hydrogen) atoms. The van der Waals surface area contributed by atoms with Gasteiger partial charge in [0.25, 0.3) is 11.8 Å². The van der Waals surface area contributed by atoms with Gasteiger partial charge in [-0.05, 0) is 35.7 Å². The number of carbonyl (C=O) groups is 2. The zero-order valence-corrected chi connectivity index (χ0v) is 16.5. The molecule has 0 unspecified atom stereocenters. The van der Waals surface area contributed by atoms with Gasteiger partial charge < -0.3 is 14.8 Å². The summed E-state index contributed by atoms with van der Waals surface area (Å²) in [5.74, 6) is 0.790. The molecular weight excluding hydrogens is 356 g/mol. The number of hydrogen-bond donors (Lipinski definition) is 1. The molecule has 0 aliphatic carbocycles. The molecule has 0 saturated heterocycles. The van der Waals surface area contributed by atoms with Crippen molar-refractivity contribution in [1.82, 2.24) is 4.90 Å². The molecule has 6 nitrogen and oxygen atoms in total. The quantitative estimate of drug-likeness (QED) is 0.744. The standard InChI is InChI=1S/C22H24N2O4/c1-14(2)13-24-21(25)19(15-9-11-16(27-3)12-10-15)20(22(24)26)23-17-7-5-6-8-18(17)28-4/h5-12,14,23H,13H2,1-4H3. The van der Waals surface area contributed by atoms with Gasteiger partial charge in [0, 0.05) is 6.54 Å². The summed E-state index contributed by atoms with van der Waals surface area (Å²) in [6, 6.07) is 14.4. The molecule has 0 atom stereocenters. The fourth-order valence-electron chi connectivity index (χ4n) is 3.13. The maximum Gasteiger partial charge on any atom is 0.278 e. The van der Waals surface area contributed by atoms with Gasteiger partial charge in [-0.2, -0.15) is 0 Å². The average Bonchev–Trinajstić information content (AvgIpc) is 2.92. The van der Waals surface area contributed by atoms with E-state index < -0.39 is 0 Å². The molecule has 1 N–H and O–H groups in total. The Bertz CT molecular complexity index is 916. The normalized spacial score (nSPS) is 14.1. The van der Waals surface area contributed by atoms with Crippen LogP contribution in [0.3, 0.4) is 0 Å². The van der Waals surface area contributed by atoms with Gasteiger partial charge >= 0.3 is 0 Å². The zero-order chi connectivity index (χ0) is 20.3. The molecule has 0 spiro atoms. The SMILES string of the molecule is COc1ccc(C2=C(Nc3ccccc3OC)C(=O)N(CC(C)C)C2=O)cc1. The lowest BCUT2D eigenvalue weighted by atomic mass is 10.0. The Morgan fingerprint density at radius 2 is 1.61 bits per heavy atom. The lowest BCUT2D eigenvalue weighted by molar-refractivity contribution is -0.137. The van der Waals surface area contributed by atoms with Gasteiger partial charge in [-0.1, -0.05) is 38.1 Å². The number of anilines is 1. The van der Waals surface area contributed by atoms with Gasteiger partial charge in [-0.15, -0.1) is 0 Å². The second kappa shape index (κ2) is 8.17. The molecule has 0 bridgehead atoms. The number of rotatable bonds is 7. The fourth-order valence-corrected chi connectivity index (χ4v) is 3.13. The van der Waals surface area contributed by atoms with Gasteiger partial charge in [-0.3, -0.25) is 14.5 Å². The van der Waals surface area contributed by atoms with Crippen molar-refractivity contribution in [3.63, 3.8) is 0 Å². The number of methoxy groups -OCH3 is 2. The van der Waals surface area contributed by atoms with E-state index in [4.69, 9.17) is 9.47 Å². The lowest BCUT2D eigenvalue weighted by Gasteiger charge is -2.17. The largest absolute Gasteiger partial charge is 0.497 e. The Kier molecular flexibility index (Phi) is 5.68. The highest BCUT2D eigenvalue weighted by molar-refractivity contribution is 6.36. The minimum atomic E-state index is -0.338. The van der Waals surface area contributed by atoms with Crippen molar-refractivity contribution in [3.8, 4) is 11.5 Å². The van der Waals surface area contributed by atoms with Crippen molar-refractivity contribution in [2.24, 2.45) is 5.92 Å². The highest BCUT2D eigenvalue weighted by atomic mass is 16.5. The maximum atomic E-state index is 13.1. The fraction of sp³-hybridized carbons (Fsp3) is 0.273. The number of para-hydroxylation sites is 2. The van der Waals surface area contributed by atoms with Crippen molar-refractivity contribution in [2.75, 3.05) is 26.1 Å². The molecule has 2 amide bonds. The van der Waals surface area contributed by atoms with E-state index in [2.05, 4.69) is 5.32 Å².